The molecule has 1 heterocycles. The molecule has 0 aliphatic heterocycles. The molecule has 4 N–H and O–H groups in total. The molecule has 0 spiro atoms. The molecule has 96 valence electrons. The highest BCUT2D eigenvalue weighted by Crippen LogP contribution is 2.25. The maximum atomic E-state index is 9.68. The Bertz CT molecular complexity index is 578. The van der Waals surface area contributed by atoms with E-state index >= 15 is 0 Å². The van der Waals surface area contributed by atoms with Crippen molar-refractivity contribution in [2.24, 2.45) is 0 Å². The third kappa shape index (κ3) is 3.11. The van der Waals surface area contributed by atoms with Crippen LogP contribution in [0.5, 0.6) is 0 Å². The molecule has 5 heteroatoms. The SMILES string of the molecule is CC(C)(O)CNc1nc2ccc(Br)cc2cc1N. The van der Waals surface area contributed by atoms with Crippen LogP contribution in [0, 0.1) is 0 Å². The average Bonchev–Trinajstić information content (AvgIpc) is 2.25. The molecule has 0 saturated carbocycles. The number of rotatable bonds is 3. The first-order valence-electron chi connectivity index (χ1n) is 5.67. The lowest BCUT2D eigenvalue weighted by atomic mass is 10.1. The summed E-state index contributed by atoms with van der Waals surface area (Å²) in [6.07, 6.45) is 0. The monoisotopic (exact) mass is 309 g/mol. The van der Waals surface area contributed by atoms with Gasteiger partial charge >= 0.3 is 0 Å². The standard InChI is InChI=1S/C13H16BrN3O/c1-13(2,18)7-16-12-10(15)6-8-5-9(14)3-4-11(8)17-12/h3-6,18H,7,15H2,1-2H3,(H,16,17). The highest BCUT2D eigenvalue weighted by atomic mass is 79.9. The molecule has 2 aromatic rings. The molecule has 0 aliphatic rings. The number of aliphatic hydroxyl groups is 1. The van der Waals surface area contributed by atoms with E-state index in [0.717, 1.165) is 15.4 Å². The van der Waals surface area contributed by atoms with Crippen LogP contribution >= 0.6 is 15.9 Å². The summed E-state index contributed by atoms with van der Waals surface area (Å²) in [6, 6.07) is 7.71. The predicted molar refractivity (Wildman–Crippen MR) is 78.6 cm³/mol. The van der Waals surface area contributed by atoms with Gasteiger partial charge in [0.2, 0.25) is 0 Å². The van der Waals surface area contributed by atoms with Gasteiger partial charge in [0.15, 0.2) is 0 Å². The smallest absolute Gasteiger partial charge is 0.150 e. The predicted octanol–water partition coefficient (Wildman–Crippen LogP) is 2.76. The highest BCUT2D eigenvalue weighted by molar-refractivity contribution is 9.10. The zero-order valence-electron chi connectivity index (χ0n) is 10.4. The molecule has 4 nitrogen and oxygen atoms in total. The van der Waals surface area contributed by atoms with Crippen molar-refractivity contribution in [2.75, 3.05) is 17.6 Å². The minimum absolute atomic E-state index is 0.395. The maximum Gasteiger partial charge on any atom is 0.150 e. The third-order valence-electron chi connectivity index (χ3n) is 2.49. The van der Waals surface area contributed by atoms with Gasteiger partial charge in [-0.15, -0.1) is 0 Å². The van der Waals surface area contributed by atoms with Crippen LogP contribution in [0.2, 0.25) is 0 Å². The van der Waals surface area contributed by atoms with E-state index in [1.54, 1.807) is 13.8 Å². The highest BCUT2D eigenvalue weighted by Gasteiger charge is 2.13. The summed E-state index contributed by atoms with van der Waals surface area (Å²) >= 11 is 3.42. The Morgan fingerprint density at radius 3 is 2.78 bits per heavy atom. The summed E-state index contributed by atoms with van der Waals surface area (Å²) in [7, 11) is 0. The van der Waals surface area contributed by atoms with Crippen molar-refractivity contribution in [1.29, 1.82) is 0 Å². The van der Waals surface area contributed by atoms with Crippen molar-refractivity contribution >= 4 is 38.3 Å². The first-order chi connectivity index (χ1) is 8.35. The van der Waals surface area contributed by atoms with Gasteiger partial charge in [0.05, 0.1) is 16.8 Å². The third-order valence-corrected chi connectivity index (χ3v) is 2.99. The first-order valence-corrected chi connectivity index (χ1v) is 6.46. The number of pyridine rings is 1. The van der Waals surface area contributed by atoms with Gasteiger partial charge in [0.1, 0.15) is 5.82 Å². The fourth-order valence-electron chi connectivity index (χ4n) is 1.61. The first kappa shape index (κ1) is 13.1. The van der Waals surface area contributed by atoms with Crippen LogP contribution in [-0.4, -0.2) is 22.2 Å². The molecule has 1 aromatic carbocycles. The van der Waals surface area contributed by atoms with Crippen LogP contribution in [-0.2, 0) is 0 Å². The molecular weight excluding hydrogens is 294 g/mol. The zero-order valence-corrected chi connectivity index (χ0v) is 12.0. The van der Waals surface area contributed by atoms with Crippen molar-refractivity contribution in [3.05, 3.63) is 28.7 Å². The van der Waals surface area contributed by atoms with Gasteiger partial charge in [-0.25, -0.2) is 4.98 Å². The van der Waals surface area contributed by atoms with Crippen molar-refractivity contribution in [1.82, 2.24) is 4.98 Å². The number of nitrogens with two attached hydrogens (primary N) is 1. The van der Waals surface area contributed by atoms with Crippen molar-refractivity contribution in [2.45, 2.75) is 19.4 Å². The molecular formula is C13H16BrN3O. The summed E-state index contributed by atoms with van der Waals surface area (Å²) in [5.74, 6) is 0.604. The summed E-state index contributed by atoms with van der Waals surface area (Å²) in [4.78, 5) is 4.45. The lowest BCUT2D eigenvalue weighted by molar-refractivity contribution is 0.0944. The lowest BCUT2D eigenvalue weighted by Crippen LogP contribution is -2.29. The molecule has 0 amide bonds. The van der Waals surface area contributed by atoms with Crippen LogP contribution in [0.3, 0.4) is 0 Å². The molecule has 0 saturated heterocycles. The van der Waals surface area contributed by atoms with Gasteiger partial charge in [0, 0.05) is 16.4 Å². The molecule has 18 heavy (non-hydrogen) atoms. The van der Waals surface area contributed by atoms with Gasteiger partial charge in [-0.1, -0.05) is 15.9 Å². The van der Waals surface area contributed by atoms with Gasteiger partial charge < -0.3 is 16.2 Å². The fraction of sp³-hybridized carbons (Fsp3) is 0.308. The fourth-order valence-corrected chi connectivity index (χ4v) is 1.98. The van der Waals surface area contributed by atoms with Crippen molar-refractivity contribution < 1.29 is 5.11 Å². The number of halogens is 1. The Balaban J connectivity index is 2.34. The van der Waals surface area contributed by atoms with E-state index in [2.05, 4.69) is 26.2 Å². The maximum absolute atomic E-state index is 9.68. The number of hydrogen-bond donors (Lipinski definition) is 3. The van der Waals surface area contributed by atoms with Crippen molar-refractivity contribution in [3.63, 3.8) is 0 Å². The minimum atomic E-state index is -0.803. The average molecular weight is 310 g/mol. The number of hydrogen-bond acceptors (Lipinski definition) is 4. The molecule has 0 unspecified atom stereocenters. The van der Waals surface area contributed by atoms with Gasteiger partial charge in [-0.3, -0.25) is 0 Å². The van der Waals surface area contributed by atoms with Gasteiger partial charge in [-0.2, -0.15) is 0 Å². The normalized spacial score (nSPS) is 11.8. The lowest BCUT2D eigenvalue weighted by Gasteiger charge is -2.19. The Morgan fingerprint density at radius 2 is 2.11 bits per heavy atom. The van der Waals surface area contributed by atoms with Crippen LogP contribution in [0.25, 0.3) is 10.9 Å². The number of nitrogens with one attached hydrogen (secondary N) is 1. The Kier molecular flexibility index (Phi) is 3.45. The molecule has 0 atom stereocenters. The number of aromatic nitrogens is 1. The molecule has 0 radical (unpaired) electrons. The summed E-state index contributed by atoms with van der Waals surface area (Å²) in [5, 5.41) is 13.7. The van der Waals surface area contributed by atoms with E-state index in [4.69, 9.17) is 5.73 Å². The summed E-state index contributed by atoms with van der Waals surface area (Å²) in [5.41, 5.74) is 6.58. The van der Waals surface area contributed by atoms with Crippen LogP contribution in [0.1, 0.15) is 13.8 Å². The molecule has 0 aliphatic carbocycles. The Morgan fingerprint density at radius 1 is 1.39 bits per heavy atom. The van der Waals surface area contributed by atoms with E-state index in [9.17, 15) is 5.11 Å². The van der Waals surface area contributed by atoms with Crippen LogP contribution < -0.4 is 11.1 Å². The quantitative estimate of drug-likeness (QED) is 0.815. The van der Waals surface area contributed by atoms with Crippen LogP contribution in [0.4, 0.5) is 11.5 Å². The molecule has 2 rings (SSSR count). The molecule has 1 aromatic heterocycles. The number of benzene rings is 1. The Labute approximate surface area is 114 Å². The van der Waals surface area contributed by atoms with E-state index in [1.807, 2.05) is 24.3 Å². The van der Waals surface area contributed by atoms with Gasteiger partial charge in [-0.05, 0) is 38.1 Å². The van der Waals surface area contributed by atoms with E-state index in [1.165, 1.54) is 0 Å². The largest absolute Gasteiger partial charge is 0.396 e. The summed E-state index contributed by atoms with van der Waals surface area (Å²) < 4.78 is 0.994. The number of nitrogen functional groups attached to an aromatic ring is 1. The Hall–Kier alpha value is -1.33. The molecule has 0 fully saturated rings. The molecule has 0 bridgehead atoms. The second-order valence-electron chi connectivity index (χ2n) is 4.93. The summed E-state index contributed by atoms with van der Waals surface area (Å²) in [6.45, 7) is 3.86. The topological polar surface area (TPSA) is 71.2 Å². The van der Waals surface area contributed by atoms with Gasteiger partial charge in [0.25, 0.3) is 0 Å². The van der Waals surface area contributed by atoms with Crippen molar-refractivity contribution in [3.8, 4) is 0 Å². The minimum Gasteiger partial charge on any atom is -0.396 e. The second kappa shape index (κ2) is 4.74. The number of nitrogens with zero attached hydrogens (tertiary/aromatic N) is 1. The second-order valence-corrected chi connectivity index (χ2v) is 5.84. The van der Waals surface area contributed by atoms with Crippen LogP contribution in [0.15, 0.2) is 28.7 Å². The van der Waals surface area contributed by atoms with E-state index < -0.39 is 5.60 Å². The van der Waals surface area contributed by atoms with E-state index in [-0.39, 0.29) is 0 Å². The zero-order chi connectivity index (χ0) is 13.3. The number of anilines is 2. The number of fused-ring (bicyclic) bond motifs is 1. The van der Waals surface area contributed by atoms with E-state index in [0.29, 0.717) is 18.1 Å².